The highest BCUT2D eigenvalue weighted by atomic mass is 32.2. The van der Waals surface area contributed by atoms with Crippen molar-refractivity contribution in [2.45, 2.75) is 17.7 Å². The molecule has 0 N–H and O–H groups in total. The highest BCUT2D eigenvalue weighted by Crippen LogP contribution is 2.32. The third-order valence-electron chi connectivity index (χ3n) is 3.73. The van der Waals surface area contributed by atoms with Crippen LogP contribution in [-0.4, -0.2) is 18.2 Å². The highest BCUT2D eigenvalue weighted by molar-refractivity contribution is 7.89. The summed E-state index contributed by atoms with van der Waals surface area (Å²) in [6, 6.07) is 15.3. The molecular weight excluding hydrogens is 365 g/mol. The molecule has 2 aromatic carbocycles. The Hall–Kier alpha value is -2.61. The largest absolute Gasteiger partial charge is 0.416 e. The van der Waals surface area contributed by atoms with E-state index in [1.165, 1.54) is 22.9 Å². The van der Waals surface area contributed by atoms with Crippen molar-refractivity contribution < 1.29 is 21.6 Å². The van der Waals surface area contributed by atoms with Gasteiger partial charge in [-0.1, -0.05) is 36.4 Å². The Morgan fingerprint density at radius 1 is 0.885 bits per heavy atom. The smallest absolute Gasteiger partial charge is 0.241 e. The Balaban J connectivity index is 1.80. The molecule has 8 heteroatoms. The van der Waals surface area contributed by atoms with Crippen molar-refractivity contribution in [3.63, 3.8) is 0 Å². The minimum absolute atomic E-state index is 0.262. The van der Waals surface area contributed by atoms with Crippen molar-refractivity contribution in [3.05, 3.63) is 83.7 Å². The van der Waals surface area contributed by atoms with Gasteiger partial charge in [-0.2, -0.15) is 18.3 Å². The van der Waals surface area contributed by atoms with Gasteiger partial charge in [0.25, 0.3) is 0 Å². The van der Waals surface area contributed by atoms with Gasteiger partial charge in [-0.25, -0.2) is 13.1 Å². The second kappa shape index (κ2) is 6.95. The maximum Gasteiger partial charge on any atom is 0.416 e. The van der Waals surface area contributed by atoms with E-state index >= 15 is 0 Å². The quantitative estimate of drug-likeness (QED) is 0.672. The van der Waals surface area contributed by atoms with Gasteiger partial charge in [0.1, 0.15) is 0 Å². The molecule has 0 atom stereocenters. The van der Waals surface area contributed by atoms with Crippen molar-refractivity contribution in [3.8, 4) is 5.69 Å². The third-order valence-corrected chi connectivity index (χ3v) is 5.22. The maximum absolute atomic E-state index is 13.0. The monoisotopic (exact) mass is 380 g/mol. The molecule has 26 heavy (non-hydrogen) atoms. The van der Waals surface area contributed by atoms with Gasteiger partial charge in [0.05, 0.1) is 28.5 Å². The lowest BCUT2D eigenvalue weighted by Gasteiger charge is -2.12. The molecule has 0 aliphatic heterocycles. The summed E-state index contributed by atoms with van der Waals surface area (Å²) >= 11 is 0. The van der Waals surface area contributed by atoms with E-state index in [1.54, 1.807) is 12.3 Å². The number of benzene rings is 2. The first kappa shape index (κ1) is 18.2. The summed E-state index contributed by atoms with van der Waals surface area (Å²) < 4.78 is 65.4. The first-order valence-electron chi connectivity index (χ1n) is 7.70. The van der Waals surface area contributed by atoms with Crippen LogP contribution < -0.4 is 0 Å². The summed E-state index contributed by atoms with van der Waals surface area (Å²) in [4.78, 5) is 0. The minimum atomic E-state index is -4.60. The number of rotatable bonds is 5. The molecule has 0 saturated carbocycles. The zero-order valence-corrected chi connectivity index (χ0v) is 14.3. The SMILES string of the molecule is O=S(=O)(Cc1ccn(-c2ccccc2)n1)Cc1ccccc1C(F)(F)F. The Kier molecular flexibility index (Phi) is 4.86. The Morgan fingerprint density at radius 3 is 2.23 bits per heavy atom. The van der Waals surface area contributed by atoms with Crippen LogP contribution in [0.3, 0.4) is 0 Å². The predicted octanol–water partition coefficient (Wildman–Crippen LogP) is 4.01. The second-order valence-electron chi connectivity index (χ2n) is 5.77. The highest BCUT2D eigenvalue weighted by Gasteiger charge is 2.34. The van der Waals surface area contributed by atoms with Gasteiger partial charge in [0.2, 0.25) is 0 Å². The van der Waals surface area contributed by atoms with Crippen molar-refractivity contribution in [2.75, 3.05) is 0 Å². The summed E-state index contributed by atoms with van der Waals surface area (Å²) in [6.45, 7) is 0. The maximum atomic E-state index is 13.0. The van der Waals surface area contributed by atoms with E-state index < -0.39 is 33.1 Å². The molecule has 0 amide bonds. The molecule has 0 spiro atoms. The van der Waals surface area contributed by atoms with Crippen LogP contribution in [0, 0.1) is 0 Å². The van der Waals surface area contributed by atoms with Crippen molar-refractivity contribution in [2.24, 2.45) is 0 Å². The Morgan fingerprint density at radius 2 is 1.54 bits per heavy atom. The number of hydrogen-bond donors (Lipinski definition) is 0. The number of nitrogens with zero attached hydrogens (tertiary/aromatic N) is 2. The van der Waals surface area contributed by atoms with Crippen molar-refractivity contribution >= 4 is 9.84 Å². The van der Waals surface area contributed by atoms with Crippen LogP contribution in [0.1, 0.15) is 16.8 Å². The summed E-state index contributed by atoms with van der Waals surface area (Å²) in [5, 5.41) is 4.19. The van der Waals surface area contributed by atoms with Crippen LogP contribution in [0.2, 0.25) is 0 Å². The number of hydrogen-bond acceptors (Lipinski definition) is 3. The molecule has 3 rings (SSSR count). The minimum Gasteiger partial charge on any atom is -0.241 e. The van der Waals surface area contributed by atoms with E-state index in [4.69, 9.17) is 0 Å². The van der Waals surface area contributed by atoms with Crippen molar-refractivity contribution in [1.29, 1.82) is 0 Å². The van der Waals surface area contributed by atoms with E-state index in [2.05, 4.69) is 5.10 Å². The number of aromatic nitrogens is 2. The van der Waals surface area contributed by atoms with Crippen molar-refractivity contribution in [1.82, 2.24) is 9.78 Å². The lowest BCUT2D eigenvalue weighted by Crippen LogP contribution is -2.14. The molecule has 1 aromatic heterocycles. The van der Waals surface area contributed by atoms with E-state index in [1.807, 2.05) is 30.3 Å². The molecule has 0 aliphatic rings. The zero-order chi connectivity index (χ0) is 18.8. The summed E-state index contributed by atoms with van der Waals surface area (Å²) in [5.74, 6) is -1.13. The lowest BCUT2D eigenvalue weighted by atomic mass is 10.1. The molecule has 0 radical (unpaired) electrons. The molecule has 0 fully saturated rings. The van der Waals surface area contributed by atoms with Gasteiger partial charge in [-0.05, 0) is 29.8 Å². The predicted molar refractivity (Wildman–Crippen MR) is 91.3 cm³/mol. The average molecular weight is 380 g/mol. The van der Waals surface area contributed by atoms with Gasteiger partial charge in [-0.15, -0.1) is 0 Å². The van der Waals surface area contributed by atoms with Gasteiger partial charge in [0.15, 0.2) is 9.84 Å². The molecule has 0 saturated heterocycles. The normalized spacial score (nSPS) is 12.3. The standard InChI is InChI=1S/C18H15F3N2O2S/c19-18(20,21)17-9-5-4-6-14(17)12-26(24,25)13-15-10-11-23(22-15)16-7-2-1-3-8-16/h1-11H,12-13H2. The van der Waals surface area contributed by atoms with Crippen LogP contribution in [0.25, 0.3) is 5.69 Å². The van der Waals surface area contributed by atoms with Crippen LogP contribution in [0.15, 0.2) is 66.9 Å². The van der Waals surface area contributed by atoms with E-state index in [9.17, 15) is 21.6 Å². The van der Waals surface area contributed by atoms with Gasteiger partial charge < -0.3 is 0 Å². The summed E-state index contributed by atoms with van der Waals surface area (Å²) in [5.41, 5.74) is -0.155. The van der Waals surface area contributed by atoms with E-state index in [0.717, 1.165) is 11.8 Å². The van der Waals surface area contributed by atoms with E-state index in [0.29, 0.717) is 0 Å². The number of alkyl halides is 3. The zero-order valence-electron chi connectivity index (χ0n) is 13.5. The second-order valence-corrected chi connectivity index (χ2v) is 7.84. The lowest BCUT2D eigenvalue weighted by molar-refractivity contribution is -0.138. The molecule has 4 nitrogen and oxygen atoms in total. The summed E-state index contributed by atoms with van der Waals surface area (Å²) in [7, 11) is -3.82. The number of sulfone groups is 1. The fourth-order valence-electron chi connectivity index (χ4n) is 2.60. The van der Waals surface area contributed by atoms with Crippen LogP contribution >= 0.6 is 0 Å². The van der Waals surface area contributed by atoms with Gasteiger partial charge in [-0.3, -0.25) is 0 Å². The third kappa shape index (κ3) is 4.32. The van der Waals surface area contributed by atoms with Crippen LogP contribution in [0.4, 0.5) is 13.2 Å². The Labute approximate surface area is 148 Å². The first-order chi connectivity index (χ1) is 12.2. The number of para-hydroxylation sites is 1. The first-order valence-corrected chi connectivity index (χ1v) is 9.52. The Bertz CT molecular complexity index is 997. The molecular formula is C18H15F3N2O2S. The molecule has 0 bridgehead atoms. The van der Waals surface area contributed by atoms with Gasteiger partial charge in [0, 0.05) is 6.20 Å². The molecule has 136 valence electrons. The number of halogens is 3. The van der Waals surface area contributed by atoms with Crippen LogP contribution in [-0.2, 0) is 27.5 Å². The molecule has 0 aliphatic carbocycles. The fraction of sp³-hybridized carbons (Fsp3) is 0.167. The average Bonchev–Trinajstić information content (AvgIpc) is 3.02. The topological polar surface area (TPSA) is 52.0 Å². The fourth-order valence-corrected chi connectivity index (χ4v) is 4.03. The van der Waals surface area contributed by atoms with Crippen LogP contribution in [0.5, 0.6) is 0 Å². The van der Waals surface area contributed by atoms with Gasteiger partial charge >= 0.3 is 6.18 Å². The van der Waals surface area contributed by atoms with E-state index in [-0.39, 0.29) is 11.3 Å². The molecule has 1 heterocycles. The summed E-state index contributed by atoms with van der Waals surface area (Å²) in [6.07, 6.45) is -2.98. The molecule has 3 aromatic rings. The molecule has 0 unspecified atom stereocenters.